The van der Waals surface area contributed by atoms with Crippen molar-refractivity contribution in [3.63, 3.8) is 0 Å². The summed E-state index contributed by atoms with van der Waals surface area (Å²) in [7, 11) is 0. The van der Waals surface area contributed by atoms with E-state index in [2.05, 4.69) is 26.0 Å². The molecule has 8 heteroatoms. The highest BCUT2D eigenvalue weighted by molar-refractivity contribution is 14.0. The van der Waals surface area contributed by atoms with E-state index in [0.29, 0.717) is 5.96 Å². The molecule has 1 aromatic heterocycles. The lowest BCUT2D eigenvalue weighted by Gasteiger charge is -2.15. The molecule has 1 aromatic carbocycles. The molecule has 0 aliphatic rings. The Labute approximate surface area is 188 Å². The van der Waals surface area contributed by atoms with Gasteiger partial charge in [0.2, 0.25) is 0 Å². The molecule has 0 spiro atoms. The molecule has 0 amide bonds. The average Bonchev–Trinajstić information content (AvgIpc) is 3.04. The predicted octanol–water partition coefficient (Wildman–Crippen LogP) is 3.69. The molecule has 6 nitrogen and oxygen atoms in total. The largest absolute Gasteiger partial charge is 0.491 e. The number of nitrogens with one attached hydrogen (secondary N) is 2. The van der Waals surface area contributed by atoms with Gasteiger partial charge in [0.15, 0.2) is 5.96 Å². The van der Waals surface area contributed by atoms with Gasteiger partial charge < -0.3 is 20.5 Å². The van der Waals surface area contributed by atoms with Crippen molar-refractivity contribution in [3.8, 4) is 5.75 Å². The van der Waals surface area contributed by atoms with Crippen molar-refractivity contribution < 1.29 is 9.84 Å². The molecule has 0 saturated heterocycles. The van der Waals surface area contributed by atoms with Gasteiger partial charge in [-0.2, -0.15) is 0 Å². The van der Waals surface area contributed by atoms with Crippen molar-refractivity contribution in [1.29, 1.82) is 0 Å². The number of guanidine groups is 1. The van der Waals surface area contributed by atoms with E-state index in [4.69, 9.17) is 4.74 Å². The van der Waals surface area contributed by atoms with Crippen LogP contribution >= 0.6 is 35.3 Å². The highest BCUT2D eigenvalue weighted by Gasteiger charge is 2.09. The summed E-state index contributed by atoms with van der Waals surface area (Å²) in [5, 5.41) is 20.1. The smallest absolute Gasteiger partial charge is 0.191 e. The summed E-state index contributed by atoms with van der Waals surface area (Å²) in [6, 6.07) is 7.54. The number of hydrogen-bond donors (Lipinski definition) is 3. The zero-order valence-electron chi connectivity index (χ0n) is 16.9. The summed E-state index contributed by atoms with van der Waals surface area (Å²) in [5.74, 6) is 1.45. The van der Waals surface area contributed by atoms with E-state index in [9.17, 15) is 5.11 Å². The molecule has 3 N–H and O–H groups in total. The number of aryl methyl sites for hydroxylation is 1. The third kappa shape index (κ3) is 8.74. The first kappa shape index (κ1) is 24.6. The molecule has 0 aliphatic heterocycles. The molecule has 0 aliphatic carbocycles. The maximum absolute atomic E-state index is 10.5. The molecular weight excluding hydrogens is 487 g/mol. The lowest BCUT2D eigenvalue weighted by atomic mass is 10.1. The van der Waals surface area contributed by atoms with Crippen molar-refractivity contribution in [3.05, 3.63) is 45.9 Å². The van der Waals surface area contributed by atoms with Gasteiger partial charge in [0.05, 0.1) is 29.5 Å². The van der Waals surface area contributed by atoms with E-state index < -0.39 is 6.10 Å². The Bertz CT molecular complexity index is 737. The first-order valence-corrected chi connectivity index (χ1v) is 10.2. The number of ether oxygens (including phenoxy) is 1. The average molecular weight is 518 g/mol. The Balaban J connectivity index is 0.00000392. The quantitative estimate of drug-likeness (QED) is 0.268. The molecule has 0 radical (unpaired) electrons. The lowest BCUT2D eigenvalue weighted by molar-refractivity contribution is 0.185. The monoisotopic (exact) mass is 518 g/mol. The van der Waals surface area contributed by atoms with Gasteiger partial charge in [0.1, 0.15) is 5.75 Å². The van der Waals surface area contributed by atoms with Crippen molar-refractivity contribution >= 4 is 41.3 Å². The third-order valence-corrected chi connectivity index (χ3v) is 4.54. The lowest BCUT2D eigenvalue weighted by Crippen LogP contribution is -2.38. The summed E-state index contributed by atoms with van der Waals surface area (Å²) in [6.45, 7) is 9.76. The number of nitrogens with zero attached hydrogens (tertiary/aromatic N) is 2. The normalized spacial score (nSPS) is 12.4. The first-order chi connectivity index (χ1) is 13.0. The maximum atomic E-state index is 10.5. The Morgan fingerprint density at radius 2 is 2.11 bits per heavy atom. The number of aliphatic hydroxyl groups is 1. The van der Waals surface area contributed by atoms with Crippen LogP contribution < -0.4 is 15.4 Å². The van der Waals surface area contributed by atoms with Crippen LogP contribution in [0.25, 0.3) is 0 Å². The van der Waals surface area contributed by atoms with E-state index in [-0.39, 0.29) is 36.6 Å². The van der Waals surface area contributed by atoms with E-state index >= 15 is 0 Å². The Kier molecular flexibility index (Phi) is 11.4. The summed E-state index contributed by atoms with van der Waals surface area (Å²) in [6.07, 6.45) is 0.255. The van der Waals surface area contributed by atoms with E-state index in [1.54, 1.807) is 11.3 Å². The van der Waals surface area contributed by atoms with Gasteiger partial charge >= 0.3 is 0 Å². The minimum Gasteiger partial charge on any atom is -0.491 e. The molecule has 2 rings (SSSR count). The minimum absolute atomic E-state index is 0. The minimum atomic E-state index is -0.683. The molecule has 1 heterocycles. The second-order valence-corrected chi connectivity index (χ2v) is 7.57. The second-order valence-electron chi connectivity index (χ2n) is 6.51. The standard InChI is InChI=1S/C20H30N4O2S.HI/c1-5-21-20(22-10-9-17-13-27-15(4)24-17)23-12-19(25)16-7-6-8-18(11-16)26-14(2)3;/h6-8,11,13-14,19,25H,5,9-10,12H2,1-4H3,(H2,21,22,23);1H. The number of thiazole rings is 1. The van der Waals surface area contributed by atoms with E-state index in [1.807, 2.05) is 52.0 Å². The highest BCUT2D eigenvalue weighted by atomic mass is 127. The number of aliphatic imine (C=N–C) groups is 1. The van der Waals surface area contributed by atoms with E-state index in [1.165, 1.54) is 0 Å². The van der Waals surface area contributed by atoms with Gasteiger partial charge in [-0.05, 0) is 45.4 Å². The fourth-order valence-corrected chi connectivity index (χ4v) is 3.17. The van der Waals surface area contributed by atoms with Gasteiger partial charge in [0, 0.05) is 24.9 Å². The Morgan fingerprint density at radius 3 is 2.75 bits per heavy atom. The summed E-state index contributed by atoms with van der Waals surface area (Å²) < 4.78 is 5.69. The number of halogens is 1. The number of rotatable bonds is 9. The molecule has 156 valence electrons. The fraction of sp³-hybridized carbons (Fsp3) is 0.500. The summed E-state index contributed by atoms with van der Waals surface area (Å²) >= 11 is 1.66. The SMILES string of the molecule is CCNC(=NCC(O)c1cccc(OC(C)C)c1)NCCc1csc(C)n1.I. The number of hydrogen-bond acceptors (Lipinski definition) is 5. The van der Waals surface area contributed by atoms with Crippen molar-refractivity contribution in [2.75, 3.05) is 19.6 Å². The van der Waals surface area contributed by atoms with Crippen LogP contribution in [0.2, 0.25) is 0 Å². The predicted molar refractivity (Wildman–Crippen MR) is 127 cm³/mol. The van der Waals surface area contributed by atoms with Crippen LogP contribution in [0.1, 0.15) is 43.1 Å². The van der Waals surface area contributed by atoms with Crippen molar-refractivity contribution in [1.82, 2.24) is 15.6 Å². The molecule has 1 unspecified atom stereocenters. The number of benzene rings is 1. The van der Waals surface area contributed by atoms with Gasteiger partial charge in [-0.15, -0.1) is 35.3 Å². The third-order valence-electron chi connectivity index (χ3n) is 3.72. The van der Waals surface area contributed by atoms with Crippen molar-refractivity contribution in [2.45, 2.75) is 46.3 Å². The molecular formula is C20H31IN4O2S. The van der Waals surface area contributed by atoms with Crippen LogP contribution in [-0.4, -0.2) is 41.8 Å². The van der Waals surface area contributed by atoms with Crippen LogP contribution in [0.5, 0.6) is 5.75 Å². The Hall–Kier alpha value is -1.39. The van der Waals surface area contributed by atoms with Gasteiger partial charge in [0.25, 0.3) is 0 Å². The van der Waals surface area contributed by atoms with Crippen LogP contribution in [-0.2, 0) is 6.42 Å². The number of aromatic nitrogens is 1. The maximum Gasteiger partial charge on any atom is 0.191 e. The topological polar surface area (TPSA) is 78.8 Å². The zero-order valence-corrected chi connectivity index (χ0v) is 20.1. The molecule has 0 fully saturated rings. The second kappa shape index (κ2) is 12.9. The molecule has 0 bridgehead atoms. The highest BCUT2D eigenvalue weighted by Crippen LogP contribution is 2.20. The summed E-state index contributed by atoms with van der Waals surface area (Å²) in [4.78, 5) is 8.96. The molecule has 28 heavy (non-hydrogen) atoms. The zero-order chi connectivity index (χ0) is 19.6. The number of aliphatic hydroxyl groups excluding tert-OH is 1. The Morgan fingerprint density at radius 1 is 1.32 bits per heavy atom. The molecule has 2 aromatic rings. The van der Waals surface area contributed by atoms with Crippen LogP contribution in [0.3, 0.4) is 0 Å². The van der Waals surface area contributed by atoms with Gasteiger partial charge in [-0.3, -0.25) is 4.99 Å². The molecule has 1 atom stereocenters. The first-order valence-electron chi connectivity index (χ1n) is 9.35. The van der Waals surface area contributed by atoms with E-state index in [0.717, 1.165) is 41.5 Å². The summed E-state index contributed by atoms with van der Waals surface area (Å²) in [5.41, 5.74) is 1.88. The fourth-order valence-electron chi connectivity index (χ4n) is 2.52. The van der Waals surface area contributed by atoms with Gasteiger partial charge in [-0.1, -0.05) is 12.1 Å². The van der Waals surface area contributed by atoms with Crippen LogP contribution in [0, 0.1) is 6.92 Å². The van der Waals surface area contributed by atoms with Crippen molar-refractivity contribution in [2.24, 2.45) is 4.99 Å². The molecule has 0 saturated carbocycles. The van der Waals surface area contributed by atoms with Crippen LogP contribution in [0.15, 0.2) is 34.6 Å². The van der Waals surface area contributed by atoms with Crippen LogP contribution in [0.4, 0.5) is 0 Å². The van der Waals surface area contributed by atoms with Gasteiger partial charge in [-0.25, -0.2) is 4.98 Å².